The number of hydrogen-bond donors (Lipinski definition) is 0. The summed E-state index contributed by atoms with van der Waals surface area (Å²) < 4.78 is 39.5. The molecule has 0 radical (unpaired) electrons. The lowest BCUT2D eigenvalue weighted by atomic mass is 9.94. The molecule has 6 heteroatoms. The van der Waals surface area contributed by atoms with Crippen molar-refractivity contribution in [3.63, 3.8) is 0 Å². The summed E-state index contributed by atoms with van der Waals surface area (Å²) in [5.74, 6) is -1.23. The maximum atomic E-state index is 14.0. The predicted molar refractivity (Wildman–Crippen MR) is 142 cm³/mol. The van der Waals surface area contributed by atoms with Gasteiger partial charge in [0, 0.05) is 18.2 Å². The van der Waals surface area contributed by atoms with Gasteiger partial charge < -0.3 is 9.47 Å². The Labute approximate surface area is 219 Å². The molecule has 0 amide bonds. The van der Waals surface area contributed by atoms with Crippen molar-refractivity contribution in [3.8, 4) is 5.75 Å². The minimum atomic E-state index is -0.800. The van der Waals surface area contributed by atoms with Gasteiger partial charge in [-0.1, -0.05) is 47.5 Å². The van der Waals surface area contributed by atoms with Crippen LogP contribution in [0.5, 0.6) is 5.75 Å². The lowest BCUT2D eigenvalue weighted by molar-refractivity contribution is -0.159. The summed E-state index contributed by atoms with van der Waals surface area (Å²) in [6, 6.07) is 26.4. The molecule has 0 saturated heterocycles. The molecular weight excluding hydrogens is 490 g/mol. The predicted octanol–water partition coefficient (Wildman–Crippen LogP) is 7.53. The van der Waals surface area contributed by atoms with E-state index in [2.05, 4.69) is 6.07 Å². The maximum Gasteiger partial charge on any atom is 0.345 e. The van der Waals surface area contributed by atoms with Gasteiger partial charge in [0.2, 0.25) is 0 Å². The molecule has 37 heavy (non-hydrogen) atoms. The Morgan fingerprint density at radius 2 is 1.32 bits per heavy atom. The molecule has 0 aromatic heterocycles. The minimum Gasteiger partial charge on any atom is -0.482 e. The fourth-order valence-electron chi connectivity index (χ4n) is 4.12. The number of hydrogen-bond acceptors (Lipinski definition) is 3. The average Bonchev–Trinajstić information content (AvgIpc) is 2.83. The zero-order valence-corrected chi connectivity index (χ0v) is 22.1. The molecule has 0 aliphatic heterocycles. The Balaban J connectivity index is 1.47. The van der Waals surface area contributed by atoms with Crippen LogP contribution in [0.15, 0.2) is 106 Å². The van der Waals surface area contributed by atoms with E-state index in [0.717, 1.165) is 32.5 Å². The van der Waals surface area contributed by atoms with Gasteiger partial charge in [-0.05, 0) is 69.7 Å². The number of ether oxygens (including phenoxy) is 2. The van der Waals surface area contributed by atoms with Crippen molar-refractivity contribution in [2.45, 2.75) is 48.0 Å². The summed E-state index contributed by atoms with van der Waals surface area (Å²) >= 11 is 0. The van der Waals surface area contributed by atoms with E-state index in [4.69, 9.17) is 9.47 Å². The number of carbonyl (C=O) groups excluding carboxylic acids is 1. The second-order valence-electron chi connectivity index (χ2n) is 9.35. The lowest BCUT2D eigenvalue weighted by Gasteiger charge is -2.26. The third-order valence-corrected chi connectivity index (χ3v) is 7.95. The molecule has 4 aromatic rings. The summed E-state index contributed by atoms with van der Waals surface area (Å²) in [7, 11) is -0.722. The quantitative estimate of drug-likeness (QED) is 0.178. The summed E-state index contributed by atoms with van der Waals surface area (Å²) in [5.41, 5.74) is 2.33. The fraction of sp³-hybridized carbons (Fsp3) is 0.194. The molecule has 0 aliphatic carbocycles. The highest BCUT2D eigenvalue weighted by Crippen LogP contribution is 2.33. The molecule has 0 N–H and O–H groups in total. The Hall–Kier alpha value is -3.64. The van der Waals surface area contributed by atoms with Gasteiger partial charge >= 0.3 is 5.97 Å². The van der Waals surface area contributed by atoms with Crippen LogP contribution in [0.1, 0.15) is 30.5 Å². The molecule has 4 aromatic carbocycles. The molecule has 0 fully saturated rings. The first kappa shape index (κ1) is 26.4. The zero-order valence-electron chi connectivity index (χ0n) is 21.3. The highest BCUT2D eigenvalue weighted by atomic mass is 32.2. The van der Waals surface area contributed by atoms with Gasteiger partial charge in [0.1, 0.15) is 23.0 Å². The smallest absolute Gasteiger partial charge is 0.345 e. The number of benzene rings is 4. The van der Waals surface area contributed by atoms with E-state index in [9.17, 15) is 13.6 Å². The van der Waals surface area contributed by atoms with Gasteiger partial charge in [-0.15, -0.1) is 0 Å². The van der Waals surface area contributed by atoms with Gasteiger partial charge in [-0.2, -0.15) is 0 Å². The topological polar surface area (TPSA) is 35.5 Å². The molecule has 0 heterocycles. The second kappa shape index (κ2) is 11.2. The van der Waals surface area contributed by atoms with E-state index in [1.54, 1.807) is 12.1 Å². The van der Waals surface area contributed by atoms with Crippen LogP contribution < -0.4 is 4.74 Å². The van der Waals surface area contributed by atoms with Crippen molar-refractivity contribution in [1.29, 1.82) is 0 Å². The number of esters is 1. The van der Waals surface area contributed by atoms with Crippen LogP contribution in [0, 0.1) is 25.5 Å². The third-order valence-electron chi connectivity index (χ3n) is 5.75. The first-order valence-electron chi connectivity index (χ1n) is 11.9. The molecule has 0 saturated carbocycles. The van der Waals surface area contributed by atoms with Crippen LogP contribution >= 0.6 is 0 Å². The molecule has 0 spiro atoms. The van der Waals surface area contributed by atoms with Crippen molar-refractivity contribution >= 4 is 16.9 Å². The third kappa shape index (κ3) is 6.77. The van der Waals surface area contributed by atoms with Crippen LogP contribution in [-0.4, -0.2) is 12.6 Å². The van der Waals surface area contributed by atoms with E-state index in [1.807, 2.05) is 82.3 Å². The Morgan fingerprint density at radius 3 is 1.92 bits per heavy atom. The normalized spacial score (nSPS) is 12.2. The van der Waals surface area contributed by atoms with E-state index < -0.39 is 34.1 Å². The number of halogens is 2. The maximum absolute atomic E-state index is 14.0. The molecule has 1 unspecified atom stereocenters. The van der Waals surface area contributed by atoms with E-state index in [0.29, 0.717) is 10.6 Å². The fourth-order valence-corrected chi connectivity index (χ4v) is 6.24. The highest BCUT2D eigenvalue weighted by molar-refractivity contribution is 7.97. The van der Waals surface area contributed by atoms with Gasteiger partial charge in [-0.25, -0.2) is 13.6 Å². The van der Waals surface area contributed by atoms with E-state index in [-0.39, 0.29) is 6.61 Å². The first-order chi connectivity index (χ1) is 17.6. The van der Waals surface area contributed by atoms with Gasteiger partial charge in [0.05, 0.1) is 10.9 Å². The van der Waals surface area contributed by atoms with Crippen LogP contribution in [-0.2, 0) is 26.0 Å². The minimum absolute atomic E-state index is 0.243. The zero-order chi connectivity index (χ0) is 26.6. The number of aryl methyl sites for hydroxylation is 2. The van der Waals surface area contributed by atoms with Gasteiger partial charge in [-0.3, -0.25) is 0 Å². The van der Waals surface area contributed by atoms with Crippen molar-refractivity contribution in [1.82, 2.24) is 0 Å². The summed E-state index contributed by atoms with van der Waals surface area (Å²) in [4.78, 5) is 14.9. The molecular formula is C31H29F2O3S+. The number of rotatable bonds is 8. The summed E-state index contributed by atoms with van der Waals surface area (Å²) in [6.45, 7) is 7.48. The van der Waals surface area contributed by atoms with Crippen LogP contribution in [0.25, 0.3) is 0 Å². The van der Waals surface area contributed by atoms with E-state index >= 15 is 0 Å². The van der Waals surface area contributed by atoms with Crippen LogP contribution in [0.4, 0.5) is 8.78 Å². The van der Waals surface area contributed by atoms with Crippen molar-refractivity contribution in [2.75, 3.05) is 6.61 Å². The monoisotopic (exact) mass is 519 g/mol. The van der Waals surface area contributed by atoms with Crippen molar-refractivity contribution < 1.29 is 23.0 Å². The standard InChI is InChI=1S/C31H29F2O3S/c1-21-14-22(2)16-23(15-21)31(3,4)36-30(34)20-35-26-10-12-28(13-11-26)37(27-8-6-5-7-9-27)29-18-24(32)17-25(33)19-29/h5-19H,20H2,1-4H3/q+1. The van der Waals surface area contributed by atoms with Gasteiger partial charge in [0.15, 0.2) is 21.3 Å². The van der Waals surface area contributed by atoms with Crippen molar-refractivity contribution in [3.05, 3.63) is 119 Å². The molecule has 0 aliphatic rings. The first-order valence-corrected chi connectivity index (χ1v) is 13.1. The molecule has 0 bridgehead atoms. The Morgan fingerprint density at radius 1 is 0.757 bits per heavy atom. The molecule has 1 atom stereocenters. The Kier molecular flexibility index (Phi) is 7.98. The average molecular weight is 520 g/mol. The van der Waals surface area contributed by atoms with Crippen LogP contribution in [0.3, 0.4) is 0 Å². The lowest BCUT2D eigenvalue weighted by Crippen LogP contribution is -2.28. The summed E-state index contributed by atoms with van der Waals surface area (Å²) in [6.07, 6.45) is 0. The highest BCUT2D eigenvalue weighted by Gasteiger charge is 2.30. The van der Waals surface area contributed by atoms with Crippen LogP contribution in [0.2, 0.25) is 0 Å². The van der Waals surface area contributed by atoms with Crippen molar-refractivity contribution in [2.24, 2.45) is 0 Å². The largest absolute Gasteiger partial charge is 0.482 e. The molecule has 190 valence electrons. The number of carbonyl (C=O) groups is 1. The van der Waals surface area contributed by atoms with Gasteiger partial charge in [0.25, 0.3) is 0 Å². The molecule has 4 rings (SSSR count). The van der Waals surface area contributed by atoms with E-state index in [1.165, 1.54) is 12.1 Å². The molecule has 3 nitrogen and oxygen atoms in total. The SMILES string of the molecule is Cc1cc(C)cc(C(C)(C)OC(=O)COc2ccc([S+](c3ccccc3)c3cc(F)cc(F)c3)cc2)c1. The Bertz CT molecular complexity index is 1350. The second-order valence-corrected chi connectivity index (χ2v) is 11.4. The summed E-state index contributed by atoms with van der Waals surface area (Å²) in [5, 5.41) is 0.